The maximum absolute atomic E-state index is 13.0. The lowest BCUT2D eigenvalue weighted by atomic mass is 10.2. The van der Waals surface area contributed by atoms with Gasteiger partial charge in [0, 0.05) is 19.6 Å². The first-order chi connectivity index (χ1) is 15.3. The highest BCUT2D eigenvalue weighted by Gasteiger charge is 2.27. The summed E-state index contributed by atoms with van der Waals surface area (Å²) >= 11 is 12.2. The predicted octanol–water partition coefficient (Wildman–Crippen LogP) is 3.74. The maximum Gasteiger partial charge on any atom is 0.341 e. The Morgan fingerprint density at radius 1 is 1.16 bits per heavy atom. The highest BCUT2D eigenvalue weighted by atomic mass is 35.5. The standard InChI is InChI=1S/C21H21Cl2N3O5S/c1-2-26-18-7-6-14(32(28,29)25-8-10-30-11-9-25)12-17(18)24-19(26)13-31-21(27)20-15(22)4-3-5-16(20)23/h3-7,12H,2,8-11,13H2,1H3. The summed E-state index contributed by atoms with van der Waals surface area (Å²) in [5, 5.41) is 0.397. The van der Waals surface area contributed by atoms with Crippen molar-refractivity contribution < 1.29 is 22.7 Å². The number of sulfonamides is 1. The number of hydrogen-bond donors (Lipinski definition) is 0. The number of carbonyl (C=O) groups excluding carboxylic acids is 1. The molecule has 0 N–H and O–H groups in total. The summed E-state index contributed by atoms with van der Waals surface area (Å²) in [4.78, 5) is 17.2. The fraction of sp³-hybridized carbons (Fsp3) is 0.333. The Bertz CT molecular complexity index is 1250. The lowest BCUT2D eigenvalue weighted by Crippen LogP contribution is -2.40. The Kier molecular flexibility index (Phi) is 6.73. The molecule has 1 aliphatic rings. The van der Waals surface area contributed by atoms with Gasteiger partial charge in [-0.3, -0.25) is 0 Å². The number of rotatable bonds is 6. The lowest BCUT2D eigenvalue weighted by molar-refractivity contribution is 0.0459. The number of fused-ring (bicyclic) bond motifs is 1. The van der Waals surface area contributed by atoms with Gasteiger partial charge >= 0.3 is 5.97 Å². The van der Waals surface area contributed by atoms with Crippen molar-refractivity contribution in [1.29, 1.82) is 0 Å². The number of benzene rings is 2. The van der Waals surface area contributed by atoms with Gasteiger partial charge in [-0.2, -0.15) is 4.31 Å². The average Bonchev–Trinajstić information content (AvgIpc) is 3.15. The summed E-state index contributed by atoms with van der Waals surface area (Å²) in [6, 6.07) is 9.59. The zero-order valence-corrected chi connectivity index (χ0v) is 19.6. The van der Waals surface area contributed by atoms with E-state index in [9.17, 15) is 13.2 Å². The molecule has 0 radical (unpaired) electrons. The number of morpholine rings is 1. The Morgan fingerprint density at radius 2 is 1.84 bits per heavy atom. The van der Waals surface area contributed by atoms with E-state index in [-0.39, 0.29) is 27.1 Å². The van der Waals surface area contributed by atoms with E-state index in [1.165, 1.54) is 4.31 Å². The molecule has 0 atom stereocenters. The van der Waals surface area contributed by atoms with E-state index in [0.29, 0.717) is 44.2 Å². The van der Waals surface area contributed by atoms with Crippen LogP contribution in [0.2, 0.25) is 10.0 Å². The Labute approximate surface area is 195 Å². The van der Waals surface area contributed by atoms with Crippen molar-refractivity contribution in [3.05, 3.63) is 57.8 Å². The van der Waals surface area contributed by atoms with E-state index in [0.717, 1.165) is 5.52 Å². The van der Waals surface area contributed by atoms with Crippen LogP contribution in [0.3, 0.4) is 0 Å². The summed E-state index contributed by atoms with van der Waals surface area (Å²) < 4.78 is 39.9. The van der Waals surface area contributed by atoms with Gasteiger partial charge in [0.05, 0.1) is 44.8 Å². The first-order valence-electron chi connectivity index (χ1n) is 10.0. The number of hydrogen-bond acceptors (Lipinski definition) is 6. The third-order valence-electron chi connectivity index (χ3n) is 5.22. The molecule has 1 aliphatic heterocycles. The average molecular weight is 498 g/mol. The van der Waals surface area contributed by atoms with Gasteiger partial charge in [-0.15, -0.1) is 0 Å². The smallest absolute Gasteiger partial charge is 0.341 e. The molecule has 1 saturated heterocycles. The van der Waals surface area contributed by atoms with Crippen molar-refractivity contribution >= 4 is 50.2 Å². The Balaban J connectivity index is 1.61. The number of nitrogens with zero attached hydrogens (tertiary/aromatic N) is 3. The fourth-order valence-electron chi connectivity index (χ4n) is 3.61. The van der Waals surface area contributed by atoms with Gasteiger partial charge in [0.25, 0.3) is 0 Å². The van der Waals surface area contributed by atoms with Crippen LogP contribution in [0.5, 0.6) is 0 Å². The van der Waals surface area contributed by atoms with Crippen molar-refractivity contribution in [2.75, 3.05) is 26.3 Å². The third kappa shape index (κ3) is 4.35. The second kappa shape index (κ2) is 9.36. The molecule has 0 unspecified atom stereocenters. The molecule has 2 heterocycles. The second-order valence-corrected chi connectivity index (χ2v) is 9.86. The van der Waals surface area contributed by atoms with Crippen LogP contribution in [-0.2, 0) is 32.6 Å². The zero-order chi connectivity index (χ0) is 22.9. The van der Waals surface area contributed by atoms with Gasteiger partial charge in [0.2, 0.25) is 10.0 Å². The number of aryl methyl sites for hydroxylation is 1. The molecule has 3 aromatic rings. The fourth-order valence-corrected chi connectivity index (χ4v) is 5.59. The van der Waals surface area contributed by atoms with Crippen molar-refractivity contribution in [2.24, 2.45) is 0 Å². The molecule has 11 heteroatoms. The quantitative estimate of drug-likeness (QED) is 0.481. The largest absolute Gasteiger partial charge is 0.454 e. The van der Waals surface area contributed by atoms with Crippen molar-refractivity contribution in [2.45, 2.75) is 25.0 Å². The van der Waals surface area contributed by atoms with Gasteiger partial charge in [-0.25, -0.2) is 18.2 Å². The molecule has 1 aromatic heterocycles. The summed E-state index contributed by atoms with van der Waals surface area (Å²) in [6.07, 6.45) is 0. The number of esters is 1. The molecular weight excluding hydrogens is 477 g/mol. The van der Waals surface area contributed by atoms with Gasteiger partial charge in [0.15, 0.2) is 0 Å². The second-order valence-electron chi connectivity index (χ2n) is 7.11. The molecule has 0 spiro atoms. The summed E-state index contributed by atoms with van der Waals surface area (Å²) in [7, 11) is -3.65. The van der Waals surface area contributed by atoms with Gasteiger partial charge in [-0.1, -0.05) is 29.3 Å². The molecule has 32 heavy (non-hydrogen) atoms. The summed E-state index contributed by atoms with van der Waals surface area (Å²) in [5.74, 6) is -0.175. The lowest BCUT2D eigenvalue weighted by Gasteiger charge is -2.26. The van der Waals surface area contributed by atoms with Crippen LogP contribution in [0.1, 0.15) is 23.1 Å². The monoisotopic (exact) mass is 497 g/mol. The van der Waals surface area contributed by atoms with E-state index < -0.39 is 16.0 Å². The van der Waals surface area contributed by atoms with Gasteiger partial charge in [0.1, 0.15) is 12.4 Å². The Hall–Kier alpha value is -2.17. The van der Waals surface area contributed by atoms with Crippen molar-refractivity contribution in [3.63, 3.8) is 0 Å². The van der Waals surface area contributed by atoms with Gasteiger partial charge < -0.3 is 14.0 Å². The Morgan fingerprint density at radius 3 is 2.50 bits per heavy atom. The number of aromatic nitrogens is 2. The maximum atomic E-state index is 13.0. The molecular formula is C21H21Cl2N3O5S. The first kappa shape index (κ1) is 23.0. The minimum atomic E-state index is -3.65. The van der Waals surface area contributed by atoms with E-state index in [4.69, 9.17) is 32.7 Å². The molecule has 4 rings (SSSR count). The molecule has 0 saturated carbocycles. The predicted molar refractivity (Wildman–Crippen MR) is 121 cm³/mol. The van der Waals surface area contributed by atoms with E-state index in [1.54, 1.807) is 36.4 Å². The van der Waals surface area contributed by atoms with E-state index in [2.05, 4.69) is 4.98 Å². The highest BCUT2D eigenvalue weighted by molar-refractivity contribution is 7.89. The minimum absolute atomic E-state index is 0.0916. The number of halogens is 2. The molecule has 170 valence electrons. The van der Waals surface area contributed by atoms with Crippen LogP contribution >= 0.6 is 23.2 Å². The van der Waals surface area contributed by atoms with Crippen LogP contribution in [0.15, 0.2) is 41.3 Å². The van der Waals surface area contributed by atoms with Crippen LogP contribution < -0.4 is 0 Å². The topological polar surface area (TPSA) is 90.7 Å². The number of imidazole rings is 1. The van der Waals surface area contributed by atoms with Crippen LogP contribution in [0.4, 0.5) is 0 Å². The minimum Gasteiger partial charge on any atom is -0.454 e. The van der Waals surface area contributed by atoms with E-state index >= 15 is 0 Å². The highest BCUT2D eigenvalue weighted by Crippen LogP contribution is 2.27. The van der Waals surface area contributed by atoms with Crippen molar-refractivity contribution in [3.8, 4) is 0 Å². The SMILES string of the molecule is CCn1c(COC(=O)c2c(Cl)cccc2Cl)nc2cc(S(=O)(=O)N3CCOCC3)ccc21. The zero-order valence-electron chi connectivity index (χ0n) is 17.3. The van der Waals surface area contributed by atoms with E-state index in [1.807, 2.05) is 11.5 Å². The molecule has 2 aromatic carbocycles. The summed E-state index contributed by atoms with van der Waals surface area (Å²) in [5.41, 5.74) is 1.34. The summed E-state index contributed by atoms with van der Waals surface area (Å²) in [6.45, 7) is 3.74. The normalized spacial score (nSPS) is 15.2. The number of carbonyl (C=O) groups is 1. The van der Waals surface area contributed by atoms with Gasteiger partial charge in [-0.05, 0) is 37.3 Å². The molecule has 0 bridgehead atoms. The van der Waals surface area contributed by atoms with Crippen molar-refractivity contribution in [1.82, 2.24) is 13.9 Å². The first-order valence-corrected chi connectivity index (χ1v) is 12.2. The van der Waals surface area contributed by atoms with Crippen LogP contribution in [0, 0.1) is 0 Å². The molecule has 0 aliphatic carbocycles. The molecule has 0 amide bonds. The third-order valence-corrected chi connectivity index (χ3v) is 7.75. The number of ether oxygens (including phenoxy) is 2. The molecule has 1 fully saturated rings. The van der Waals surface area contributed by atoms with Crippen LogP contribution in [-0.4, -0.2) is 54.5 Å². The molecule has 8 nitrogen and oxygen atoms in total. The van der Waals surface area contributed by atoms with Crippen LogP contribution in [0.25, 0.3) is 11.0 Å².